The number of benzene rings is 1. The molecule has 1 saturated carbocycles. The molecule has 3 aliphatic rings. The number of hydrogen-bond acceptors (Lipinski definition) is 6. The van der Waals surface area contributed by atoms with E-state index in [2.05, 4.69) is 0 Å². The number of likely N-dealkylation sites (tertiary alicyclic amines) is 1. The second-order valence-corrected chi connectivity index (χ2v) is 9.45. The highest BCUT2D eigenvalue weighted by Gasteiger charge is 2.48. The number of carbonyl (C=O) groups is 4. The van der Waals surface area contributed by atoms with Crippen LogP contribution in [0, 0.1) is 5.92 Å². The lowest BCUT2D eigenvalue weighted by atomic mass is 9.76. The van der Waals surface area contributed by atoms with Crippen LogP contribution in [0.15, 0.2) is 24.3 Å². The zero-order valence-corrected chi connectivity index (χ0v) is 18.1. The summed E-state index contributed by atoms with van der Waals surface area (Å²) in [6.45, 7) is 5.33. The zero-order valence-electron chi connectivity index (χ0n) is 18.1. The zero-order chi connectivity index (χ0) is 22.3. The molecule has 4 rings (SSSR count). The van der Waals surface area contributed by atoms with Gasteiger partial charge in [-0.2, -0.15) is 0 Å². The minimum Gasteiger partial charge on any atom is -0.444 e. The maximum Gasteiger partial charge on any atom is 0.411 e. The van der Waals surface area contributed by atoms with E-state index in [9.17, 15) is 19.2 Å². The molecule has 0 N–H and O–H groups in total. The lowest BCUT2D eigenvalue weighted by molar-refractivity contribution is -0.178. The summed E-state index contributed by atoms with van der Waals surface area (Å²) in [5.41, 5.74) is -0.323. The monoisotopic (exact) mass is 428 g/mol. The average molecular weight is 428 g/mol. The molecule has 166 valence electrons. The number of hydrogen-bond donors (Lipinski definition) is 0. The van der Waals surface area contributed by atoms with Gasteiger partial charge in [0.05, 0.1) is 11.1 Å². The molecule has 0 aromatic heterocycles. The molecule has 0 radical (unpaired) electrons. The number of rotatable bonds is 2. The van der Waals surface area contributed by atoms with E-state index >= 15 is 0 Å². The fourth-order valence-corrected chi connectivity index (χ4v) is 4.84. The van der Waals surface area contributed by atoms with Gasteiger partial charge in [0.2, 0.25) is 0 Å². The van der Waals surface area contributed by atoms with Crippen LogP contribution in [0.1, 0.15) is 80.0 Å². The molecule has 3 amide bonds. The van der Waals surface area contributed by atoms with Crippen LogP contribution in [0.2, 0.25) is 0 Å². The predicted molar refractivity (Wildman–Crippen MR) is 110 cm³/mol. The lowest BCUT2D eigenvalue weighted by Gasteiger charge is -2.47. The van der Waals surface area contributed by atoms with Crippen LogP contribution in [-0.4, -0.2) is 51.5 Å². The fourth-order valence-electron chi connectivity index (χ4n) is 4.84. The summed E-state index contributed by atoms with van der Waals surface area (Å²) in [7, 11) is 0. The molecule has 1 aromatic carbocycles. The second-order valence-electron chi connectivity index (χ2n) is 9.45. The first-order valence-corrected chi connectivity index (χ1v) is 10.9. The number of amides is 3. The number of fused-ring (bicyclic) bond motifs is 2. The van der Waals surface area contributed by atoms with Crippen LogP contribution >= 0.6 is 0 Å². The molecule has 0 bridgehead atoms. The minimum atomic E-state index is -0.904. The van der Waals surface area contributed by atoms with E-state index in [4.69, 9.17) is 9.57 Å². The number of hydroxylamine groups is 2. The molecule has 2 aliphatic heterocycles. The lowest BCUT2D eigenvalue weighted by Crippen LogP contribution is -2.59. The van der Waals surface area contributed by atoms with Gasteiger partial charge in [-0.25, -0.2) is 9.59 Å². The van der Waals surface area contributed by atoms with E-state index in [-0.39, 0.29) is 17.2 Å². The molecule has 1 aliphatic carbocycles. The highest BCUT2D eigenvalue weighted by atomic mass is 16.7. The minimum absolute atomic E-state index is 0.114. The molecule has 0 spiro atoms. The summed E-state index contributed by atoms with van der Waals surface area (Å²) in [6, 6.07) is 5.30. The van der Waals surface area contributed by atoms with Gasteiger partial charge in [0, 0.05) is 6.04 Å². The third kappa shape index (κ3) is 4.03. The van der Waals surface area contributed by atoms with Crippen molar-refractivity contribution >= 4 is 23.9 Å². The van der Waals surface area contributed by atoms with Gasteiger partial charge in [-0.05, 0) is 64.5 Å². The number of piperidine rings is 1. The largest absolute Gasteiger partial charge is 0.444 e. The first kappa shape index (κ1) is 21.3. The summed E-state index contributed by atoms with van der Waals surface area (Å²) in [6.07, 6.45) is 4.50. The molecule has 8 nitrogen and oxygen atoms in total. The molecule has 8 heteroatoms. The standard InChI is InChI=1S/C23H28N2O6/c1-23(2,3)30-22(29)24-17-11-7-4-8-14(17)12-13-18(24)21(28)31-25-19(26)15-9-5-6-10-16(15)20(25)27/h5-6,9-10,14,17-18H,4,7-8,11-13H2,1-3H3. The third-order valence-electron chi connectivity index (χ3n) is 6.19. The predicted octanol–water partition coefficient (Wildman–Crippen LogP) is 3.70. The van der Waals surface area contributed by atoms with Gasteiger partial charge in [-0.15, -0.1) is 0 Å². The van der Waals surface area contributed by atoms with Gasteiger partial charge in [0.25, 0.3) is 11.8 Å². The molecule has 3 atom stereocenters. The summed E-state index contributed by atoms with van der Waals surface area (Å²) < 4.78 is 5.60. The van der Waals surface area contributed by atoms with Crippen LogP contribution in [0.25, 0.3) is 0 Å². The summed E-state index contributed by atoms with van der Waals surface area (Å²) >= 11 is 0. The number of imide groups is 1. The maximum absolute atomic E-state index is 13.1. The number of nitrogens with zero attached hydrogens (tertiary/aromatic N) is 2. The van der Waals surface area contributed by atoms with Crippen molar-refractivity contribution in [2.24, 2.45) is 5.92 Å². The van der Waals surface area contributed by atoms with Gasteiger partial charge < -0.3 is 9.57 Å². The van der Waals surface area contributed by atoms with E-state index in [0.717, 1.165) is 32.1 Å². The topological polar surface area (TPSA) is 93.2 Å². The third-order valence-corrected chi connectivity index (χ3v) is 6.19. The quantitative estimate of drug-likeness (QED) is 0.667. The first-order chi connectivity index (χ1) is 14.7. The Balaban J connectivity index is 1.56. The van der Waals surface area contributed by atoms with Crippen molar-refractivity contribution in [1.82, 2.24) is 9.96 Å². The van der Waals surface area contributed by atoms with E-state index < -0.39 is 35.5 Å². The van der Waals surface area contributed by atoms with Gasteiger partial charge in [0.1, 0.15) is 11.6 Å². The van der Waals surface area contributed by atoms with Crippen molar-refractivity contribution < 1.29 is 28.8 Å². The van der Waals surface area contributed by atoms with Crippen molar-refractivity contribution in [2.75, 3.05) is 0 Å². The van der Waals surface area contributed by atoms with Gasteiger partial charge in [0.15, 0.2) is 0 Å². The van der Waals surface area contributed by atoms with Gasteiger partial charge in [-0.1, -0.05) is 30.0 Å². The molecular weight excluding hydrogens is 400 g/mol. The Bertz CT molecular complexity index is 886. The molecule has 31 heavy (non-hydrogen) atoms. The normalized spacial score (nSPS) is 25.7. The van der Waals surface area contributed by atoms with Gasteiger partial charge in [-0.3, -0.25) is 14.5 Å². The van der Waals surface area contributed by atoms with Crippen LogP contribution in [0.3, 0.4) is 0 Å². The van der Waals surface area contributed by atoms with E-state index in [1.165, 1.54) is 17.0 Å². The maximum atomic E-state index is 13.1. The summed E-state index contributed by atoms with van der Waals surface area (Å²) in [5, 5.41) is 0.507. The van der Waals surface area contributed by atoms with Crippen molar-refractivity contribution in [1.29, 1.82) is 0 Å². The van der Waals surface area contributed by atoms with E-state index in [0.29, 0.717) is 17.4 Å². The van der Waals surface area contributed by atoms with Crippen LogP contribution in [0.4, 0.5) is 4.79 Å². The molecule has 1 saturated heterocycles. The Morgan fingerprint density at radius 2 is 1.55 bits per heavy atom. The van der Waals surface area contributed by atoms with Crippen molar-refractivity contribution in [3.63, 3.8) is 0 Å². The first-order valence-electron chi connectivity index (χ1n) is 10.9. The Kier molecular flexibility index (Phi) is 5.49. The smallest absolute Gasteiger partial charge is 0.411 e. The highest BCUT2D eigenvalue weighted by Crippen LogP contribution is 2.39. The van der Waals surface area contributed by atoms with Crippen LogP contribution in [0.5, 0.6) is 0 Å². The molecule has 3 unspecified atom stereocenters. The average Bonchev–Trinajstić information content (AvgIpc) is 2.96. The Labute approximate surface area is 181 Å². The summed E-state index contributed by atoms with van der Waals surface area (Å²) in [4.78, 5) is 58.2. The van der Waals surface area contributed by atoms with Crippen molar-refractivity contribution in [3.05, 3.63) is 35.4 Å². The summed E-state index contributed by atoms with van der Waals surface area (Å²) in [5.74, 6) is -1.83. The Hall–Kier alpha value is -2.90. The molecule has 2 heterocycles. The van der Waals surface area contributed by atoms with Gasteiger partial charge >= 0.3 is 12.1 Å². The highest BCUT2D eigenvalue weighted by molar-refractivity contribution is 6.20. The second kappa shape index (κ2) is 7.98. The van der Waals surface area contributed by atoms with Crippen LogP contribution < -0.4 is 0 Å². The molecule has 1 aromatic rings. The SMILES string of the molecule is CC(C)(C)OC(=O)N1C(C(=O)ON2C(=O)c3ccccc3C2=O)CCC2CCCCC21. The number of carbonyl (C=O) groups excluding carboxylic acids is 4. The van der Waals surface area contributed by atoms with E-state index in [1.54, 1.807) is 32.9 Å². The van der Waals surface area contributed by atoms with E-state index in [1.807, 2.05) is 0 Å². The fraction of sp³-hybridized carbons (Fsp3) is 0.565. The van der Waals surface area contributed by atoms with Crippen molar-refractivity contribution in [3.8, 4) is 0 Å². The number of ether oxygens (including phenoxy) is 1. The molecule has 2 fully saturated rings. The molecular formula is C23H28N2O6. The Morgan fingerprint density at radius 3 is 2.16 bits per heavy atom. The van der Waals surface area contributed by atoms with Crippen molar-refractivity contribution in [2.45, 2.75) is 77.0 Å². The Morgan fingerprint density at radius 1 is 0.935 bits per heavy atom. The van der Waals surface area contributed by atoms with Crippen LogP contribution in [-0.2, 0) is 14.4 Å².